The van der Waals surface area contributed by atoms with Crippen LogP contribution in [0, 0.1) is 0 Å². The third-order valence-electron chi connectivity index (χ3n) is 4.00. The Morgan fingerprint density at radius 2 is 1.81 bits per heavy atom. The predicted octanol–water partition coefficient (Wildman–Crippen LogP) is 5.10. The fourth-order valence-electron chi connectivity index (χ4n) is 2.88. The number of nitrogens with one attached hydrogen (secondary N) is 1. The van der Waals surface area contributed by atoms with E-state index < -0.39 is 6.03 Å². The first-order valence-electron chi connectivity index (χ1n) is 8.13. The van der Waals surface area contributed by atoms with Crippen LogP contribution >= 0.6 is 11.6 Å². The van der Waals surface area contributed by atoms with Gasteiger partial charge in [0.15, 0.2) is 0 Å². The molecule has 0 aliphatic rings. The monoisotopic (exact) mass is 366 g/mol. The number of halogens is 1. The number of primary amides is 1. The van der Waals surface area contributed by atoms with Gasteiger partial charge in [-0.3, -0.25) is 0 Å². The van der Waals surface area contributed by atoms with Crippen molar-refractivity contribution >= 4 is 23.3 Å². The zero-order valence-electron chi connectivity index (χ0n) is 14.3. The molecule has 0 saturated carbocycles. The number of hydrogen-bond acceptors (Lipinski definition) is 2. The smallest absolute Gasteiger partial charge is 0.316 e. The van der Waals surface area contributed by atoms with Crippen molar-refractivity contribution < 1.29 is 9.53 Å². The number of methoxy groups -OCH3 is 1. The van der Waals surface area contributed by atoms with Crippen LogP contribution in [-0.2, 0) is 6.42 Å². The van der Waals surface area contributed by atoms with Gasteiger partial charge in [-0.25, -0.2) is 4.79 Å². The van der Waals surface area contributed by atoms with Crippen LogP contribution < -0.4 is 15.8 Å². The summed E-state index contributed by atoms with van der Waals surface area (Å²) in [6.07, 6.45) is 0.714. The zero-order chi connectivity index (χ0) is 18.5. The van der Waals surface area contributed by atoms with Crippen LogP contribution in [0.5, 0.6) is 5.75 Å². The Kier molecular flexibility index (Phi) is 5.44. The third kappa shape index (κ3) is 4.35. The second-order valence-corrected chi connectivity index (χ2v) is 6.35. The number of anilines is 1. The van der Waals surface area contributed by atoms with E-state index >= 15 is 0 Å². The van der Waals surface area contributed by atoms with Gasteiger partial charge in [0, 0.05) is 16.3 Å². The van der Waals surface area contributed by atoms with Crippen LogP contribution in [0.3, 0.4) is 0 Å². The van der Waals surface area contributed by atoms with Crippen LogP contribution in [0.1, 0.15) is 11.1 Å². The van der Waals surface area contributed by atoms with E-state index in [1.54, 1.807) is 13.2 Å². The summed E-state index contributed by atoms with van der Waals surface area (Å²) in [5.74, 6) is 0.792. The lowest BCUT2D eigenvalue weighted by Gasteiger charge is -2.12. The van der Waals surface area contributed by atoms with Crippen LogP contribution in [0.4, 0.5) is 10.5 Å². The molecule has 0 aromatic heterocycles. The van der Waals surface area contributed by atoms with Crippen molar-refractivity contribution in [3.8, 4) is 16.9 Å². The normalized spacial score (nSPS) is 10.4. The van der Waals surface area contributed by atoms with E-state index in [1.165, 1.54) is 0 Å². The van der Waals surface area contributed by atoms with Crippen LogP contribution in [0.2, 0.25) is 5.02 Å². The van der Waals surface area contributed by atoms with Gasteiger partial charge in [0.1, 0.15) is 5.75 Å². The Hall–Kier alpha value is -2.98. The van der Waals surface area contributed by atoms with E-state index in [2.05, 4.69) is 11.4 Å². The van der Waals surface area contributed by atoms with Gasteiger partial charge in [0.2, 0.25) is 0 Å². The SMILES string of the molecule is COc1ccc(Cc2cccc(NC(N)=O)c2)cc1-c1cccc(Cl)c1. The first-order valence-corrected chi connectivity index (χ1v) is 8.51. The van der Waals surface area contributed by atoms with Gasteiger partial charge in [0.25, 0.3) is 0 Å². The molecule has 26 heavy (non-hydrogen) atoms. The van der Waals surface area contributed by atoms with Gasteiger partial charge in [0.05, 0.1) is 7.11 Å². The highest BCUT2D eigenvalue weighted by Crippen LogP contribution is 2.33. The standard InChI is InChI=1S/C21H19ClN2O2/c1-26-20-9-8-15(12-19(20)16-5-3-6-17(22)13-16)10-14-4-2-7-18(11-14)24-21(23)25/h2-9,11-13H,10H2,1H3,(H3,23,24,25). The van der Waals surface area contributed by atoms with Crippen molar-refractivity contribution in [2.45, 2.75) is 6.42 Å². The minimum Gasteiger partial charge on any atom is -0.496 e. The molecule has 0 aliphatic heterocycles. The molecule has 0 fully saturated rings. The van der Waals surface area contributed by atoms with Crippen molar-refractivity contribution in [3.63, 3.8) is 0 Å². The number of hydrogen-bond donors (Lipinski definition) is 2. The molecule has 0 spiro atoms. The predicted molar refractivity (Wildman–Crippen MR) is 106 cm³/mol. The summed E-state index contributed by atoms with van der Waals surface area (Å²) in [5, 5.41) is 3.28. The minimum atomic E-state index is -0.574. The fraction of sp³-hybridized carbons (Fsp3) is 0.0952. The number of ether oxygens (including phenoxy) is 1. The lowest BCUT2D eigenvalue weighted by atomic mass is 9.98. The molecule has 0 saturated heterocycles. The van der Waals surface area contributed by atoms with Gasteiger partial charge in [-0.15, -0.1) is 0 Å². The summed E-state index contributed by atoms with van der Waals surface area (Å²) >= 11 is 6.13. The average Bonchev–Trinajstić information content (AvgIpc) is 2.61. The first-order chi connectivity index (χ1) is 12.5. The molecular weight excluding hydrogens is 348 g/mol. The number of carbonyl (C=O) groups is 1. The Morgan fingerprint density at radius 3 is 2.54 bits per heavy atom. The molecule has 3 rings (SSSR count). The van der Waals surface area contributed by atoms with E-state index in [0.717, 1.165) is 28.0 Å². The number of rotatable bonds is 5. The van der Waals surface area contributed by atoms with E-state index in [0.29, 0.717) is 17.1 Å². The Bertz CT molecular complexity index is 941. The van der Waals surface area contributed by atoms with Crippen molar-refractivity contribution in [1.82, 2.24) is 0 Å². The molecule has 132 valence electrons. The number of nitrogens with two attached hydrogens (primary N) is 1. The van der Waals surface area contributed by atoms with Crippen molar-refractivity contribution in [2.24, 2.45) is 5.73 Å². The summed E-state index contributed by atoms with van der Waals surface area (Å²) in [6.45, 7) is 0. The maximum absolute atomic E-state index is 11.0. The quantitative estimate of drug-likeness (QED) is 0.660. The maximum atomic E-state index is 11.0. The molecule has 0 unspecified atom stereocenters. The highest BCUT2D eigenvalue weighted by molar-refractivity contribution is 6.30. The largest absolute Gasteiger partial charge is 0.496 e. The first kappa shape index (κ1) is 17.8. The number of amides is 2. The molecule has 0 heterocycles. The summed E-state index contributed by atoms with van der Waals surface area (Å²) in [7, 11) is 1.65. The molecule has 0 bridgehead atoms. The second kappa shape index (κ2) is 7.93. The van der Waals surface area contributed by atoms with Gasteiger partial charge >= 0.3 is 6.03 Å². The third-order valence-corrected chi connectivity index (χ3v) is 4.24. The van der Waals surface area contributed by atoms with Gasteiger partial charge in [-0.1, -0.05) is 41.9 Å². The zero-order valence-corrected chi connectivity index (χ0v) is 15.1. The van der Waals surface area contributed by atoms with E-state index in [-0.39, 0.29) is 0 Å². The lowest BCUT2D eigenvalue weighted by molar-refractivity contribution is 0.259. The van der Waals surface area contributed by atoms with E-state index in [4.69, 9.17) is 22.1 Å². The summed E-state index contributed by atoms with van der Waals surface area (Å²) in [4.78, 5) is 11.0. The summed E-state index contributed by atoms with van der Waals surface area (Å²) in [6, 6.07) is 20.8. The van der Waals surface area contributed by atoms with Crippen molar-refractivity contribution in [1.29, 1.82) is 0 Å². The topological polar surface area (TPSA) is 64.3 Å². The van der Waals surface area contributed by atoms with Crippen molar-refractivity contribution in [3.05, 3.63) is 82.9 Å². The van der Waals surface area contributed by atoms with Gasteiger partial charge < -0.3 is 15.8 Å². The molecule has 3 aromatic rings. The number of carbonyl (C=O) groups excluding carboxylic acids is 1. The van der Waals surface area contributed by atoms with E-state index in [1.807, 2.05) is 54.6 Å². The Balaban J connectivity index is 1.92. The van der Waals surface area contributed by atoms with Crippen LogP contribution in [-0.4, -0.2) is 13.1 Å². The highest BCUT2D eigenvalue weighted by Gasteiger charge is 2.09. The molecular formula is C21H19ClN2O2. The lowest BCUT2D eigenvalue weighted by Crippen LogP contribution is -2.19. The summed E-state index contributed by atoms with van der Waals surface area (Å²) < 4.78 is 5.50. The van der Waals surface area contributed by atoms with Gasteiger partial charge in [-0.05, 0) is 59.5 Å². The van der Waals surface area contributed by atoms with Gasteiger partial charge in [-0.2, -0.15) is 0 Å². The van der Waals surface area contributed by atoms with Crippen LogP contribution in [0.15, 0.2) is 66.7 Å². The van der Waals surface area contributed by atoms with E-state index in [9.17, 15) is 4.79 Å². The maximum Gasteiger partial charge on any atom is 0.316 e. The molecule has 5 heteroatoms. The Morgan fingerprint density at radius 1 is 1.04 bits per heavy atom. The average molecular weight is 367 g/mol. The molecule has 4 nitrogen and oxygen atoms in total. The minimum absolute atomic E-state index is 0.574. The van der Waals surface area contributed by atoms with Crippen molar-refractivity contribution in [2.75, 3.05) is 12.4 Å². The number of benzene rings is 3. The molecule has 0 radical (unpaired) electrons. The molecule has 0 aliphatic carbocycles. The van der Waals surface area contributed by atoms with Crippen LogP contribution in [0.25, 0.3) is 11.1 Å². The Labute approximate surface area is 157 Å². The molecule has 3 N–H and O–H groups in total. The molecule has 2 amide bonds. The molecule has 0 atom stereocenters. The number of urea groups is 1. The fourth-order valence-corrected chi connectivity index (χ4v) is 3.07. The second-order valence-electron chi connectivity index (χ2n) is 5.91. The highest BCUT2D eigenvalue weighted by atomic mass is 35.5. The molecule has 3 aromatic carbocycles. The summed E-state index contributed by atoms with van der Waals surface area (Å²) in [5.41, 5.74) is 10.0.